The Balaban J connectivity index is 1.60. The van der Waals surface area contributed by atoms with E-state index >= 15 is 0 Å². The maximum Gasteiger partial charge on any atom is 0.573 e. The fraction of sp³-hybridized carbons (Fsp3) is 0.273. The molecule has 1 fully saturated rings. The van der Waals surface area contributed by atoms with Crippen molar-refractivity contribution < 1.29 is 42.2 Å². The Kier molecular flexibility index (Phi) is 10.1. The van der Waals surface area contributed by atoms with Gasteiger partial charge in [0.15, 0.2) is 11.6 Å². The van der Waals surface area contributed by atoms with Crippen LogP contribution >= 0.6 is 0 Å². The number of allylic oxidation sites excluding steroid dienone is 2. The number of aliphatic carboxylic acids is 1. The molecule has 2 N–H and O–H groups in total. The molecule has 4 rings (SSSR count). The highest BCUT2D eigenvalue weighted by atomic mass is 19.4. The van der Waals surface area contributed by atoms with Crippen LogP contribution in [0.5, 0.6) is 5.75 Å². The average Bonchev–Trinajstić information content (AvgIpc) is 2.99. The zero-order chi connectivity index (χ0) is 31.0. The lowest BCUT2D eigenvalue weighted by Gasteiger charge is -2.21. The van der Waals surface area contributed by atoms with E-state index in [0.29, 0.717) is 11.5 Å². The van der Waals surface area contributed by atoms with Gasteiger partial charge in [-0.25, -0.2) is 0 Å². The number of Topliss-reactive ketones (excluding diaryl/α,β-unsaturated/α-hetero) is 1. The van der Waals surface area contributed by atoms with Gasteiger partial charge >= 0.3 is 12.3 Å². The lowest BCUT2D eigenvalue weighted by molar-refractivity contribution is -0.274. The fourth-order valence-corrected chi connectivity index (χ4v) is 5.00. The van der Waals surface area contributed by atoms with Crippen LogP contribution in [0.25, 0.3) is 5.57 Å². The van der Waals surface area contributed by atoms with E-state index in [9.17, 15) is 32.3 Å². The van der Waals surface area contributed by atoms with Crippen LogP contribution in [0.4, 0.5) is 13.2 Å². The number of hydrogen-bond acceptors (Lipinski definition) is 5. The Labute approximate surface area is 246 Å². The van der Waals surface area contributed by atoms with Gasteiger partial charge in [-0.1, -0.05) is 67.8 Å². The molecule has 0 heterocycles. The highest BCUT2D eigenvalue weighted by Gasteiger charge is 2.31. The number of carbonyl (C=O) groups excluding carboxylic acids is 3. The van der Waals surface area contributed by atoms with Gasteiger partial charge in [0.1, 0.15) is 5.75 Å². The van der Waals surface area contributed by atoms with Crippen LogP contribution in [-0.2, 0) is 4.79 Å². The SMILES string of the molecule is O=C(O)CCNC(=O)c1ccc(C(=O)/C(=C\C(=O)c2ccc(C3CCCCC3)cc2)c2ccc(OC(F)(F)F)cc2)cc1. The van der Waals surface area contributed by atoms with Crippen LogP contribution < -0.4 is 10.1 Å². The van der Waals surface area contributed by atoms with Crippen LogP contribution in [0.3, 0.4) is 0 Å². The molecule has 0 atom stereocenters. The van der Waals surface area contributed by atoms with Crippen molar-refractivity contribution in [3.05, 3.63) is 107 Å². The average molecular weight is 594 g/mol. The number of halogens is 3. The number of carboxylic acids is 1. The van der Waals surface area contributed by atoms with E-state index in [-0.39, 0.29) is 35.2 Å². The van der Waals surface area contributed by atoms with Crippen LogP contribution in [0.15, 0.2) is 78.9 Å². The van der Waals surface area contributed by atoms with Crippen molar-refractivity contribution in [2.24, 2.45) is 0 Å². The molecule has 10 heteroatoms. The number of benzene rings is 3. The minimum atomic E-state index is -4.89. The third-order valence-corrected chi connectivity index (χ3v) is 7.22. The summed E-state index contributed by atoms with van der Waals surface area (Å²) >= 11 is 0. The van der Waals surface area contributed by atoms with Crippen molar-refractivity contribution in [1.82, 2.24) is 5.32 Å². The topological polar surface area (TPSA) is 110 Å². The van der Waals surface area contributed by atoms with Crippen LogP contribution in [-0.4, -0.2) is 41.5 Å². The zero-order valence-electron chi connectivity index (χ0n) is 23.2. The van der Waals surface area contributed by atoms with Gasteiger partial charge in [0, 0.05) is 28.8 Å². The molecule has 0 saturated heterocycles. The van der Waals surface area contributed by atoms with Crippen molar-refractivity contribution in [2.75, 3.05) is 6.54 Å². The number of carboxylic acid groups (broad SMARTS) is 1. The van der Waals surface area contributed by atoms with E-state index in [1.807, 2.05) is 12.1 Å². The van der Waals surface area contributed by atoms with Crippen molar-refractivity contribution in [1.29, 1.82) is 0 Å². The number of ether oxygens (including phenoxy) is 1. The highest BCUT2D eigenvalue weighted by molar-refractivity contribution is 6.32. The van der Waals surface area contributed by atoms with E-state index in [0.717, 1.165) is 36.6 Å². The summed E-state index contributed by atoms with van der Waals surface area (Å²) in [6.07, 6.45) is 1.78. The molecule has 0 aromatic heterocycles. The quantitative estimate of drug-likeness (QED) is 0.183. The fourth-order valence-electron chi connectivity index (χ4n) is 5.00. The van der Waals surface area contributed by atoms with Crippen LogP contribution in [0.1, 0.15) is 86.6 Å². The summed E-state index contributed by atoms with van der Waals surface area (Å²) < 4.78 is 41.9. The van der Waals surface area contributed by atoms with E-state index in [1.165, 1.54) is 55.7 Å². The molecular weight excluding hydrogens is 563 g/mol. The Bertz CT molecular complexity index is 1490. The molecule has 1 aliphatic carbocycles. The number of carbonyl (C=O) groups is 4. The smallest absolute Gasteiger partial charge is 0.481 e. The summed E-state index contributed by atoms with van der Waals surface area (Å²) in [6, 6.07) is 17.4. The first kappa shape index (κ1) is 31.2. The van der Waals surface area contributed by atoms with Crippen molar-refractivity contribution in [3.8, 4) is 5.75 Å². The van der Waals surface area contributed by atoms with Gasteiger partial charge in [-0.3, -0.25) is 19.2 Å². The Hall–Kier alpha value is -4.73. The van der Waals surface area contributed by atoms with Gasteiger partial charge in [0.2, 0.25) is 0 Å². The normalized spacial score (nSPS) is 14.2. The second-order valence-electron chi connectivity index (χ2n) is 10.3. The second kappa shape index (κ2) is 14.0. The predicted octanol–water partition coefficient (Wildman–Crippen LogP) is 6.99. The van der Waals surface area contributed by atoms with Crippen molar-refractivity contribution in [3.63, 3.8) is 0 Å². The van der Waals surface area contributed by atoms with Gasteiger partial charge in [-0.2, -0.15) is 0 Å². The van der Waals surface area contributed by atoms with Gasteiger partial charge in [0.25, 0.3) is 5.91 Å². The summed E-state index contributed by atoms with van der Waals surface area (Å²) in [5.74, 6) is -2.66. The van der Waals surface area contributed by atoms with Gasteiger partial charge in [0.05, 0.1) is 6.42 Å². The molecule has 1 amide bonds. The summed E-state index contributed by atoms with van der Waals surface area (Å²) in [7, 11) is 0. The molecule has 7 nitrogen and oxygen atoms in total. The molecule has 0 unspecified atom stereocenters. The highest BCUT2D eigenvalue weighted by Crippen LogP contribution is 2.33. The molecule has 0 radical (unpaired) electrons. The number of nitrogens with one attached hydrogen (secondary N) is 1. The lowest BCUT2D eigenvalue weighted by atomic mass is 9.84. The molecular formula is C33H30F3NO6. The van der Waals surface area contributed by atoms with Gasteiger partial charge in [-0.15, -0.1) is 13.2 Å². The minimum absolute atomic E-state index is 0.0569. The largest absolute Gasteiger partial charge is 0.573 e. The molecule has 3 aromatic carbocycles. The molecule has 43 heavy (non-hydrogen) atoms. The number of rotatable bonds is 11. The van der Waals surface area contributed by atoms with Gasteiger partial charge < -0.3 is 15.2 Å². The third-order valence-electron chi connectivity index (χ3n) is 7.22. The lowest BCUT2D eigenvalue weighted by Crippen LogP contribution is -2.26. The number of amides is 1. The summed E-state index contributed by atoms with van der Waals surface area (Å²) in [5.41, 5.74) is 1.97. The monoisotopic (exact) mass is 593 g/mol. The third kappa shape index (κ3) is 8.88. The van der Waals surface area contributed by atoms with E-state index < -0.39 is 35.6 Å². The molecule has 0 aliphatic heterocycles. The standard InChI is InChI=1S/C33H30F3NO6/c34-33(35,36)43-27-16-14-23(15-17-27)28(20-29(38)24-8-6-22(7-9-24)21-4-2-1-3-5-21)31(41)25-10-12-26(13-11-25)32(42)37-19-18-30(39)40/h6-17,20-21H,1-5,18-19H2,(H,37,42)(H,39,40)/b28-20-. The van der Waals surface area contributed by atoms with Crippen LogP contribution in [0.2, 0.25) is 0 Å². The van der Waals surface area contributed by atoms with Crippen molar-refractivity contribution in [2.45, 2.75) is 50.8 Å². The van der Waals surface area contributed by atoms with E-state index in [2.05, 4.69) is 10.1 Å². The van der Waals surface area contributed by atoms with E-state index in [1.54, 1.807) is 12.1 Å². The van der Waals surface area contributed by atoms with Crippen LogP contribution in [0, 0.1) is 0 Å². The maximum absolute atomic E-state index is 13.6. The maximum atomic E-state index is 13.6. The molecule has 224 valence electrons. The Morgan fingerprint density at radius 2 is 1.35 bits per heavy atom. The van der Waals surface area contributed by atoms with E-state index in [4.69, 9.17) is 5.11 Å². The summed E-state index contributed by atoms with van der Waals surface area (Å²) in [4.78, 5) is 49.9. The predicted molar refractivity (Wildman–Crippen MR) is 153 cm³/mol. The minimum Gasteiger partial charge on any atom is -0.481 e. The first-order chi connectivity index (χ1) is 20.5. The second-order valence-corrected chi connectivity index (χ2v) is 10.3. The zero-order valence-corrected chi connectivity index (χ0v) is 23.2. The number of hydrogen-bond donors (Lipinski definition) is 2. The Morgan fingerprint density at radius 3 is 1.93 bits per heavy atom. The first-order valence-electron chi connectivity index (χ1n) is 13.9. The van der Waals surface area contributed by atoms with Gasteiger partial charge in [-0.05, 0) is 60.2 Å². The molecule has 3 aromatic rings. The number of alkyl halides is 3. The molecule has 1 aliphatic rings. The van der Waals surface area contributed by atoms with Crippen molar-refractivity contribution >= 4 is 29.0 Å². The Morgan fingerprint density at radius 1 is 0.791 bits per heavy atom. The molecule has 0 bridgehead atoms. The first-order valence-corrected chi connectivity index (χ1v) is 13.9. The summed E-state index contributed by atoms with van der Waals surface area (Å²) in [6.45, 7) is -0.0699. The summed E-state index contributed by atoms with van der Waals surface area (Å²) in [5, 5.41) is 11.2. The molecule has 0 spiro atoms. The number of ketones is 2. The molecule has 1 saturated carbocycles.